The van der Waals surface area contributed by atoms with Crippen LogP contribution in [0.3, 0.4) is 0 Å². The number of esters is 1. The van der Waals surface area contributed by atoms with E-state index in [4.69, 9.17) is 16.3 Å². The first kappa shape index (κ1) is 20.2. The van der Waals surface area contributed by atoms with E-state index >= 15 is 0 Å². The van der Waals surface area contributed by atoms with E-state index in [0.29, 0.717) is 0 Å². The summed E-state index contributed by atoms with van der Waals surface area (Å²) in [6, 6.07) is 25.0. The average Bonchev–Trinajstić information content (AvgIpc) is 2.74. The Morgan fingerprint density at radius 3 is 2.21 bits per heavy atom. The smallest absolute Gasteiger partial charge is 0.310 e. The Bertz CT molecular complexity index is 940. The molecule has 3 rings (SSSR count). The molecule has 0 fully saturated rings. The van der Waals surface area contributed by atoms with Crippen LogP contribution in [0.2, 0.25) is 0 Å². The topological polar surface area (TPSA) is 43.4 Å². The highest BCUT2D eigenvalue weighted by atomic mass is 35.5. The minimum atomic E-state index is -0.264. The van der Waals surface area contributed by atoms with Gasteiger partial charge in [-0.15, -0.1) is 11.6 Å². The number of carbonyl (C=O) groups is 2. The number of carbonyl (C=O) groups excluding carboxylic acids is 2. The zero-order chi connectivity index (χ0) is 19.8. The van der Waals surface area contributed by atoms with Crippen LogP contribution in [-0.2, 0) is 27.4 Å². The molecule has 0 aromatic heterocycles. The summed E-state index contributed by atoms with van der Waals surface area (Å²) in [5.74, 6) is -0.288. The second kappa shape index (κ2) is 10.1. The van der Waals surface area contributed by atoms with Gasteiger partial charge in [-0.05, 0) is 28.3 Å². The van der Waals surface area contributed by atoms with E-state index in [-0.39, 0.29) is 30.0 Å². The van der Waals surface area contributed by atoms with Gasteiger partial charge in [-0.25, -0.2) is 0 Å². The van der Waals surface area contributed by atoms with Crippen molar-refractivity contribution in [2.75, 3.05) is 5.88 Å². The summed E-state index contributed by atoms with van der Waals surface area (Å²) in [5, 5.41) is -0.0908. The van der Waals surface area contributed by atoms with E-state index in [1.165, 1.54) is 0 Å². The minimum Gasteiger partial charge on any atom is -0.461 e. The Balaban J connectivity index is 1.64. The Kier molecular flexibility index (Phi) is 7.29. The van der Waals surface area contributed by atoms with Crippen molar-refractivity contribution < 1.29 is 14.3 Å². The Hall–Kier alpha value is -2.56. The molecule has 3 aromatic rings. The third-order valence-electron chi connectivity index (χ3n) is 4.08. The standard InChI is InChI=1S/C23H19ClO3S/c24-15-23(26)28-21-9-5-4-8-20(21)19-12-10-17(11-13-19)14-22(25)27-16-18-6-2-1-3-7-18/h1-13H,14-16H2. The predicted molar refractivity (Wildman–Crippen MR) is 113 cm³/mol. The summed E-state index contributed by atoms with van der Waals surface area (Å²) in [6.07, 6.45) is 0.217. The molecule has 3 aromatic carbocycles. The molecule has 0 saturated heterocycles. The molecule has 3 nitrogen and oxygen atoms in total. The van der Waals surface area contributed by atoms with Crippen molar-refractivity contribution in [2.45, 2.75) is 17.9 Å². The van der Waals surface area contributed by atoms with Crippen molar-refractivity contribution in [1.82, 2.24) is 0 Å². The zero-order valence-corrected chi connectivity index (χ0v) is 16.7. The number of ether oxygens (including phenoxy) is 1. The van der Waals surface area contributed by atoms with Crippen LogP contribution in [0.5, 0.6) is 0 Å². The first-order valence-corrected chi connectivity index (χ1v) is 10.2. The van der Waals surface area contributed by atoms with Crippen molar-refractivity contribution >= 4 is 34.4 Å². The molecule has 0 spiro atoms. The van der Waals surface area contributed by atoms with Crippen LogP contribution < -0.4 is 0 Å². The molecule has 0 unspecified atom stereocenters. The molecule has 0 bridgehead atoms. The highest BCUT2D eigenvalue weighted by molar-refractivity contribution is 8.14. The van der Waals surface area contributed by atoms with E-state index in [1.807, 2.05) is 78.9 Å². The Labute approximate surface area is 173 Å². The minimum absolute atomic E-state index is 0.0248. The molecular weight excluding hydrogens is 392 g/mol. The monoisotopic (exact) mass is 410 g/mol. The lowest BCUT2D eigenvalue weighted by Crippen LogP contribution is -2.07. The predicted octanol–water partition coefficient (Wildman–Crippen LogP) is 5.50. The van der Waals surface area contributed by atoms with Gasteiger partial charge in [-0.1, -0.05) is 84.6 Å². The lowest BCUT2D eigenvalue weighted by atomic mass is 10.0. The van der Waals surface area contributed by atoms with Crippen molar-refractivity contribution in [2.24, 2.45) is 0 Å². The van der Waals surface area contributed by atoms with Gasteiger partial charge in [-0.2, -0.15) is 0 Å². The third kappa shape index (κ3) is 5.72. The summed E-state index contributed by atoms with van der Waals surface area (Å²) in [4.78, 5) is 24.6. The lowest BCUT2D eigenvalue weighted by molar-refractivity contribution is -0.144. The van der Waals surface area contributed by atoms with E-state index in [9.17, 15) is 9.59 Å². The second-order valence-corrected chi connectivity index (χ2v) is 7.49. The van der Waals surface area contributed by atoms with Gasteiger partial charge in [0.2, 0.25) is 5.12 Å². The molecule has 0 aliphatic rings. The van der Waals surface area contributed by atoms with Gasteiger partial charge in [0, 0.05) is 4.90 Å². The van der Waals surface area contributed by atoms with Crippen molar-refractivity contribution in [1.29, 1.82) is 0 Å². The quantitative estimate of drug-likeness (QED) is 0.293. The second-order valence-electron chi connectivity index (χ2n) is 6.12. The van der Waals surface area contributed by atoms with Crippen LogP contribution in [0, 0.1) is 0 Å². The Morgan fingerprint density at radius 2 is 1.50 bits per heavy atom. The van der Waals surface area contributed by atoms with Gasteiger partial charge >= 0.3 is 5.97 Å². The number of benzene rings is 3. The van der Waals surface area contributed by atoms with Crippen LogP contribution >= 0.6 is 23.4 Å². The SMILES string of the molecule is O=C(Cc1ccc(-c2ccccc2SC(=O)CCl)cc1)OCc1ccccc1. The van der Waals surface area contributed by atoms with Crippen molar-refractivity contribution in [3.8, 4) is 11.1 Å². The molecule has 28 heavy (non-hydrogen) atoms. The number of thioether (sulfide) groups is 1. The summed E-state index contributed by atoms with van der Waals surface area (Å²) in [6.45, 7) is 0.275. The fourth-order valence-electron chi connectivity index (χ4n) is 2.70. The highest BCUT2D eigenvalue weighted by Crippen LogP contribution is 2.32. The first-order valence-electron chi connectivity index (χ1n) is 8.80. The van der Waals surface area contributed by atoms with Crippen LogP contribution in [0.15, 0.2) is 83.8 Å². The third-order valence-corrected chi connectivity index (χ3v) is 5.43. The van der Waals surface area contributed by atoms with Crippen molar-refractivity contribution in [3.63, 3.8) is 0 Å². The van der Waals surface area contributed by atoms with Gasteiger partial charge in [0.15, 0.2) is 0 Å². The lowest BCUT2D eigenvalue weighted by Gasteiger charge is -2.09. The normalized spacial score (nSPS) is 10.5. The first-order chi connectivity index (χ1) is 13.7. The molecule has 0 aliphatic carbocycles. The van der Waals surface area contributed by atoms with Crippen LogP contribution in [0.1, 0.15) is 11.1 Å². The van der Waals surface area contributed by atoms with Crippen LogP contribution in [0.25, 0.3) is 11.1 Å². The average molecular weight is 411 g/mol. The molecular formula is C23H19ClO3S. The van der Waals surface area contributed by atoms with Gasteiger partial charge < -0.3 is 4.74 Å². The maximum absolute atomic E-state index is 12.1. The fourth-order valence-corrected chi connectivity index (χ4v) is 3.61. The fraction of sp³-hybridized carbons (Fsp3) is 0.130. The summed E-state index contributed by atoms with van der Waals surface area (Å²) in [5.41, 5.74) is 3.78. The largest absolute Gasteiger partial charge is 0.461 e. The van der Waals surface area contributed by atoms with Crippen LogP contribution in [-0.4, -0.2) is 17.0 Å². The number of halogens is 1. The molecule has 0 aliphatic heterocycles. The number of rotatable bonds is 7. The van der Waals surface area contributed by atoms with E-state index < -0.39 is 0 Å². The molecule has 0 atom stereocenters. The van der Waals surface area contributed by atoms with E-state index in [1.54, 1.807) is 0 Å². The summed E-state index contributed by atoms with van der Waals surface area (Å²) in [7, 11) is 0. The molecule has 0 saturated carbocycles. The summed E-state index contributed by atoms with van der Waals surface area (Å²) >= 11 is 6.76. The summed E-state index contributed by atoms with van der Waals surface area (Å²) < 4.78 is 5.33. The molecule has 5 heteroatoms. The molecule has 0 heterocycles. The van der Waals surface area contributed by atoms with Gasteiger partial charge in [0.25, 0.3) is 0 Å². The number of alkyl halides is 1. The van der Waals surface area contributed by atoms with Crippen LogP contribution in [0.4, 0.5) is 0 Å². The highest BCUT2D eigenvalue weighted by Gasteiger charge is 2.10. The molecule has 0 amide bonds. The van der Waals surface area contributed by atoms with Crippen molar-refractivity contribution in [3.05, 3.63) is 90.0 Å². The molecule has 142 valence electrons. The maximum Gasteiger partial charge on any atom is 0.310 e. The van der Waals surface area contributed by atoms with Gasteiger partial charge in [0.1, 0.15) is 6.61 Å². The van der Waals surface area contributed by atoms with Gasteiger partial charge in [0.05, 0.1) is 12.3 Å². The zero-order valence-electron chi connectivity index (χ0n) is 15.1. The van der Waals surface area contributed by atoms with E-state index in [0.717, 1.165) is 38.9 Å². The molecule has 0 N–H and O–H groups in total. The number of hydrogen-bond acceptors (Lipinski definition) is 4. The maximum atomic E-state index is 12.1. The Morgan fingerprint density at radius 1 is 0.821 bits per heavy atom. The molecule has 0 radical (unpaired) electrons. The van der Waals surface area contributed by atoms with Gasteiger partial charge in [-0.3, -0.25) is 9.59 Å². The number of hydrogen-bond donors (Lipinski definition) is 0. The van der Waals surface area contributed by atoms with E-state index in [2.05, 4.69) is 0 Å².